The lowest BCUT2D eigenvalue weighted by atomic mass is 10.2. The number of benzene rings is 1. The molecule has 1 N–H and O–H groups in total. The Balaban J connectivity index is 1.96. The summed E-state index contributed by atoms with van der Waals surface area (Å²) in [4.78, 5) is 0.242. The van der Waals surface area contributed by atoms with E-state index in [0.717, 1.165) is 5.56 Å². The van der Waals surface area contributed by atoms with E-state index in [1.807, 2.05) is 30.1 Å². The molecule has 0 spiro atoms. The summed E-state index contributed by atoms with van der Waals surface area (Å²) in [5, 5.41) is 0. The smallest absolute Gasteiger partial charge is 0.240 e. The molecule has 5 nitrogen and oxygen atoms in total. The van der Waals surface area contributed by atoms with Gasteiger partial charge in [0.15, 0.2) is 0 Å². The van der Waals surface area contributed by atoms with E-state index in [-0.39, 0.29) is 4.90 Å². The largest absolute Gasteiger partial charge is 0.497 e. The Morgan fingerprint density at radius 2 is 1.90 bits per heavy atom. The molecule has 1 aromatic carbocycles. The molecule has 0 amide bonds. The van der Waals surface area contributed by atoms with E-state index >= 15 is 0 Å². The number of methoxy groups -OCH3 is 1. The molecule has 0 radical (unpaired) electrons. The Labute approximate surface area is 119 Å². The Morgan fingerprint density at radius 3 is 2.45 bits per heavy atom. The van der Waals surface area contributed by atoms with Crippen LogP contribution in [0.5, 0.6) is 5.75 Å². The first kappa shape index (κ1) is 14.6. The van der Waals surface area contributed by atoms with Crippen LogP contribution in [0, 0.1) is 0 Å². The molecule has 0 saturated carbocycles. The van der Waals surface area contributed by atoms with Gasteiger partial charge in [0, 0.05) is 26.0 Å². The lowest BCUT2D eigenvalue weighted by Crippen LogP contribution is -2.25. The fourth-order valence-electron chi connectivity index (χ4n) is 1.88. The van der Waals surface area contributed by atoms with E-state index < -0.39 is 10.0 Å². The van der Waals surface area contributed by atoms with Crippen LogP contribution < -0.4 is 9.46 Å². The second-order valence-electron chi connectivity index (χ2n) is 4.51. The molecule has 108 valence electrons. The molecule has 0 unspecified atom stereocenters. The summed E-state index contributed by atoms with van der Waals surface area (Å²) in [5.41, 5.74) is 1.10. The number of ether oxygens (including phenoxy) is 1. The number of hydrogen-bond donors (Lipinski definition) is 1. The van der Waals surface area contributed by atoms with Crippen molar-refractivity contribution in [2.24, 2.45) is 7.05 Å². The molecule has 2 aromatic rings. The monoisotopic (exact) mass is 294 g/mol. The van der Waals surface area contributed by atoms with E-state index in [2.05, 4.69) is 4.72 Å². The number of sulfonamides is 1. The van der Waals surface area contributed by atoms with Gasteiger partial charge in [0.1, 0.15) is 5.75 Å². The predicted molar refractivity (Wildman–Crippen MR) is 77.3 cm³/mol. The molecule has 0 bridgehead atoms. The number of aromatic nitrogens is 1. The van der Waals surface area contributed by atoms with Crippen molar-refractivity contribution in [3.8, 4) is 5.75 Å². The Hall–Kier alpha value is -1.79. The van der Waals surface area contributed by atoms with Crippen LogP contribution in [0.25, 0.3) is 0 Å². The quantitative estimate of drug-likeness (QED) is 0.879. The first-order valence-corrected chi connectivity index (χ1v) is 7.74. The zero-order valence-corrected chi connectivity index (χ0v) is 12.4. The zero-order valence-electron chi connectivity index (χ0n) is 11.5. The van der Waals surface area contributed by atoms with E-state index in [4.69, 9.17) is 4.74 Å². The average molecular weight is 294 g/mol. The highest BCUT2D eigenvalue weighted by molar-refractivity contribution is 7.89. The highest BCUT2D eigenvalue weighted by Gasteiger charge is 2.13. The minimum atomic E-state index is -3.46. The maximum atomic E-state index is 12.1. The number of aryl methyl sites for hydroxylation is 1. The highest BCUT2D eigenvalue weighted by Crippen LogP contribution is 2.15. The SMILES string of the molecule is COc1ccc(S(=O)(=O)NCCc2ccn(C)c2)cc1. The molecule has 1 heterocycles. The van der Waals surface area contributed by atoms with Crippen molar-refractivity contribution in [3.63, 3.8) is 0 Å². The molecule has 0 aliphatic carbocycles. The maximum Gasteiger partial charge on any atom is 0.240 e. The highest BCUT2D eigenvalue weighted by atomic mass is 32.2. The van der Waals surface area contributed by atoms with Crippen LogP contribution >= 0.6 is 0 Å². The first-order chi connectivity index (χ1) is 9.51. The van der Waals surface area contributed by atoms with Crippen molar-refractivity contribution in [2.45, 2.75) is 11.3 Å². The van der Waals surface area contributed by atoms with Gasteiger partial charge in [-0.25, -0.2) is 13.1 Å². The van der Waals surface area contributed by atoms with Gasteiger partial charge >= 0.3 is 0 Å². The van der Waals surface area contributed by atoms with E-state index in [1.165, 1.54) is 12.1 Å². The lowest BCUT2D eigenvalue weighted by Gasteiger charge is -2.07. The van der Waals surface area contributed by atoms with Crippen molar-refractivity contribution in [1.82, 2.24) is 9.29 Å². The van der Waals surface area contributed by atoms with Crippen LogP contribution in [0.1, 0.15) is 5.56 Å². The molecule has 0 atom stereocenters. The Morgan fingerprint density at radius 1 is 1.20 bits per heavy atom. The van der Waals surface area contributed by atoms with Crippen LogP contribution in [0.15, 0.2) is 47.6 Å². The van der Waals surface area contributed by atoms with Crippen LogP contribution in [0.2, 0.25) is 0 Å². The van der Waals surface area contributed by atoms with Crippen LogP contribution in [-0.2, 0) is 23.5 Å². The van der Waals surface area contributed by atoms with Gasteiger partial charge < -0.3 is 9.30 Å². The minimum absolute atomic E-state index is 0.242. The van der Waals surface area contributed by atoms with E-state index in [1.54, 1.807) is 19.2 Å². The molecular formula is C14H18N2O3S. The molecular weight excluding hydrogens is 276 g/mol. The fourth-order valence-corrected chi connectivity index (χ4v) is 2.91. The van der Waals surface area contributed by atoms with E-state index in [0.29, 0.717) is 18.7 Å². The molecule has 2 rings (SSSR count). The number of rotatable bonds is 6. The molecule has 0 aliphatic heterocycles. The number of nitrogens with one attached hydrogen (secondary N) is 1. The second kappa shape index (κ2) is 6.11. The molecule has 0 aliphatic rings. The van der Waals surface area contributed by atoms with Gasteiger partial charge in [-0.15, -0.1) is 0 Å². The van der Waals surface area contributed by atoms with Gasteiger partial charge in [-0.3, -0.25) is 0 Å². The Bertz CT molecular complexity index is 660. The minimum Gasteiger partial charge on any atom is -0.497 e. The lowest BCUT2D eigenvalue weighted by molar-refractivity contribution is 0.414. The van der Waals surface area contributed by atoms with Crippen LogP contribution in [0.4, 0.5) is 0 Å². The fraction of sp³-hybridized carbons (Fsp3) is 0.286. The summed E-state index contributed by atoms with van der Waals surface area (Å²) < 4.78 is 33.7. The standard InChI is InChI=1S/C14H18N2O3S/c1-16-10-8-12(11-16)7-9-15-20(17,18)14-5-3-13(19-2)4-6-14/h3-6,8,10-11,15H,7,9H2,1-2H3. The van der Waals surface area contributed by atoms with Gasteiger partial charge in [-0.2, -0.15) is 0 Å². The summed E-state index contributed by atoms with van der Waals surface area (Å²) in [5.74, 6) is 0.633. The van der Waals surface area contributed by atoms with Gasteiger partial charge in [0.2, 0.25) is 10.0 Å². The van der Waals surface area contributed by atoms with Crippen molar-refractivity contribution >= 4 is 10.0 Å². The van der Waals surface area contributed by atoms with Crippen molar-refractivity contribution in [1.29, 1.82) is 0 Å². The molecule has 6 heteroatoms. The van der Waals surface area contributed by atoms with Gasteiger partial charge in [0.25, 0.3) is 0 Å². The van der Waals surface area contributed by atoms with Crippen LogP contribution in [0.3, 0.4) is 0 Å². The number of nitrogens with zero attached hydrogens (tertiary/aromatic N) is 1. The molecule has 20 heavy (non-hydrogen) atoms. The van der Waals surface area contributed by atoms with Crippen molar-refractivity contribution in [2.75, 3.05) is 13.7 Å². The van der Waals surface area contributed by atoms with Crippen LogP contribution in [-0.4, -0.2) is 26.6 Å². The topological polar surface area (TPSA) is 60.3 Å². The maximum absolute atomic E-state index is 12.1. The summed E-state index contributed by atoms with van der Waals surface area (Å²) in [6.45, 7) is 0.373. The van der Waals surface area contributed by atoms with Gasteiger partial charge in [-0.1, -0.05) is 0 Å². The summed E-state index contributed by atoms with van der Waals surface area (Å²) in [6.07, 6.45) is 4.57. The van der Waals surface area contributed by atoms with Crippen molar-refractivity contribution < 1.29 is 13.2 Å². The third kappa shape index (κ3) is 3.61. The van der Waals surface area contributed by atoms with Crippen molar-refractivity contribution in [3.05, 3.63) is 48.3 Å². The third-order valence-electron chi connectivity index (χ3n) is 2.97. The van der Waals surface area contributed by atoms with Gasteiger partial charge in [-0.05, 0) is 42.3 Å². The molecule has 1 aromatic heterocycles. The molecule has 0 fully saturated rings. The Kier molecular flexibility index (Phi) is 4.46. The summed E-state index contributed by atoms with van der Waals surface area (Å²) in [6, 6.07) is 8.30. The normalized spacial score (nSPS) is 11.5. The first-order valence-electron chi connectivity index (χ1n) is 6.26. The van der Waals surface area contributed by atoms with E-state index in [9.17, 15) is 8.42 Å². The number of hydrogen-bond acceptors (Lipinski definition) is 3. The second-order valence-corrected chi connectivity index (χ2v) is 6.28. The third-order valence-corrected chi connectivity index (χ3v) is 4.45. The predicted octanol–water partition coefficient (Wildman–Crippen LogP) is 1.55. The summed E-state index contributed by atoms with van der Waals surface area (Å²) >= 11 is 0. The summed E-state index contributed by atoms with van der Waals surface area (Å²) in [7, 11) is 0.0179. The molecule has 0 saturated heterocycles. The zero-order chi connectivity index (χ0) is 14.6. The average Bonchev–Trinajstić information content (AvgIpc) is 2.84. The van der Waals surface area contributed by atoms with Gasteiger partial charge in [0.05, 0.1) is 12.0 Å².